The molecule has 5 nitrogen and oxygen atoms in total. The van der Waals surface area contributed by atoms with Gasteiger partial charge in [0.1, 0.15) is 11.5 Å². The SMILES string of the molecule is CCNc1cncc(C(=O)NCc2cc(Br)cs2)n1. The van der Waals surface area contributed by atoms with E-state index < -0.39 is 0 Å². The molecule has 0 spiro atoms. The number of nitrogens with zero attached hydrogens (tertiary/aromatic N) is 2. The molecule has 0 fully saturated rings. The van der Waals surface area contributed by atoms with E-state index in [4.69, 9.17) is 0 Å². The van der Waals surface area contributed by atoms with Gasteiger partial charge in [-0.1, -0.05) is 0 Å². The lowest BCUT2D eigenvalue weighted by atomic mass is 10.4. The minimum Gasteiger partial charge on any atom is -0.369 e. The third-order valence-corrected chi connectivity index (χ3v) is 3.97. The highest BCUT2D eigenvalue weighted by Crippen LogP contribution is 2.19. The third-order valence-electron chi connectivity index (χ3n) is 2.27. The van der Waals surface area contributed by atoms with Crippen molar-refractivity contribution in [3.63, 3.8) is 0 Å². The zero-order chi connectivity index (χ0) is 13.7. The van der Waals surface area contributed by atoms with Crippen LogP contribution in [0.25, 0.3) is 0 Å². The van der Waals surface area contributed by atoms with Gasteiger partial charge in [0.05, 0.1) is 18.9 Å². The Balaban J connectivity index is 1.97. The summed E-state index contributed by atoms with van der Waals surface area (Å²) in [7, 11) is 0. The highest BCUT2D eigenvalue weighted by molar-refractivity contribution is 9.10. The summed E-state index contributed by atoms with van der Waals surface area (Å²) in [6.45, 7) is 3.19. The number of rotatable bonds is 5. The number of carbonyl (C=O) groups excluding carboxylic acids is 1. The average Bonchev–Trinajstić information content (AvgIpc) is 2.82. The molecule has 0 bridgehead atoms. The fraction of sp³-hybridized carbons (Fsp3) is 0.250. The van der Waals surface area contributed by atoms with Crippen molar-refractivity contribution in [2.45, 2.75) is 13.5 Å². The molecule has 2 aromatic heterocycles. The van der Waals surface area contributed by atoms with E-state index in [1.165, 1.54) is 6.20 Å². The monoisotopic (exact) mass is 340 g/mol. The Labute approximate surface area is 123 Å². The van der Waals surface area contributed by atoms with Crippen LogP contribution < -0.4 is 10.6 Å². The smallest absolute Gasteiger partial charge is 0.271 e. The van der Waals surface area contributed by atoms with E-state index in [1.807, 2.05) is 18.4 Å². The summed E-state index contributed by atoms with van der Waals surface area (Å²) in [5, 5.41) is 7.82. The minimum absolute atomic E-state index is 0.225. The van der Waals surface area contributed by atoms with Crippen LogP contribution in [-0.4, -0.2) is 22.4 Å². The molecule has 0 atom stereocenters. The van der Waals surface area contributed by atoms with Crippen molar-refractivity contribution >= 4 is 39.0 Å². The van der Waals surface area contributed by atoms with E-state index >= 15 is 0 Å². The zero-order valence-corrected chi connectivity index (χ0v) is 12.7. The van der Waals surface area contributed by atoms with E-state index in [0.717, 1.165) is 15.9 Å². The van der Waals surface area contributed by atoms with Gasteiger partial charge in [-0.3, -0.25) is 9.78 Å². The maximum absolute atomic E-state index is 11.9. The number of hydrogen-bond acceptors (Lipinski definition) is 5. The predicted molar refractivity (Wildman–Crippen MR) is 79.4 cm³/mol. The normalized spacial score (nSPS) is 10.2. The van der Waals surface area contributed by atoms with Crippen LogP contribution in [0.2, 0.25) is 0 Å². The molecule has 0 aromatic carbocycles. The van der Waals surface area contributed by atoms with Crippen molar-refractivity contribution in [2.24, 2.45) is 0 Å². The third kappa shape index (κ3) is 4.00. The van der Waals surface area contributed by atoms with Crippen molar-refractivity contribution in [2.75, 3.05) is 11.9 Å². The molecular formula is C12H13BrN4OS. The van der Waals surface area contributed by atoms with Gasteiger partial charge < -0.3 is 10.6 Å². The standard InChI is InChI=1S/C12H13BrN4OS/c1-2-15-11-6-14-5-10(17-11)12(18)16-4-9-3-8(13)7-19-9/h3,5-7H,2,4H2,1H3,(H,15,17)(H,16,18). The van der Waals surface area contributed by atoms with Crippen LogP contribution in [0, 0.1) is 0 Å². The molecular weight excluding hydrogens is 328 g/mol. The summed E-state index contributed by atoms with van der Waals surface area (Å²) >= 11 is 4.97. The van der Waals surface area contributed by atoms with Crippen molar-refractivity contribution in [1.29, 1.82) is 0 Å². The molecule has 2 aromatic rings. The lowest BCUT2D eigenvalue weighted by Crippen LogP contribution is -2.23. The molecule has 0 aliphatic carbocycles. The van der Waals surface area contributed by atoms with Gasteiger partial charge in [0.2, 0.25) is 0 Å². The summed E-state index contributed by atoms with van der Waals surface area (Å²) in [5.74, 6) is 0.380. The fourth-order valence-electron chi connectivity index (χ4n) is 1.45. The maximum atomic E-state index is 11.9. The largest absolute Gasteiger partial charge is 0.369 e. The van der Waals surface area contributed by atoms with E-state index in [9.17, 15) is 4.79 Å². The molecule has 19 heavy (non-hydrogen) atoms. The van der Waals surface area contributed by atoms with Gasteiger partial charge in [0.15, 0.2) is 0 Å². The maximum Gasteiger partial charge on any atom is 0.271 e. The van der Waals surface area contributed by atoms with Crippen LogP contribution in [0.5, 0.6) is 0 Å². The van der Waals surface area contributed by atoms with Crippen LogP contribution in [0.3, 0.4) is 0 Å². The quantitative estimate of drug-likeness (QED) is 0.877. The van der Waals surface area contributed by atoms with Crippen molar-refractivity contribution in [3.05, 3.63) is 38.9 Å². The van der Waals surface area contributed by atoms with E-state index in [2.05, 4.69) is 36.5 Å². The Morgan fingerprint density at radius 2 is 2.32 bits per heavy atom. The molecule has 0 saturated carbocycles. The first-order chi connectivity index (χ1) is 9.19. The second kappa shape index (κ2) is 6.63. The van der Waals surface area contributed by atoms with Gasteiger partial charge in [0, 0.05) is 21.3 Å². The zero-order valence-electron chi connectivity index (χ0n) is 10.3. The van der Waals surface area contributed by atoms with Crippen LogP contribution in [-0.2, 0) is 6.54 Å². The first-order valence-electron chi connectivity index (χ1n) is 5.76. The lowest BCUT2D eigenvalue weighted by Gasteiger charge is -2.05. The van der Waals surface area contributed by atoms with E-state index in [1.54, 1.807) is 17.5 Å². The van der Waals surface area contributed by atoms with Crippen LogP contribution in [0.4, 0.5) is 5.82 Å². The Hall–Kier alpha value is -1.47. The van der Waals surface area contributed by atoms with Crippen molar-refractivity contribution in [3.8, 4) is 0 Å². The topological polar surface area (TPSA) is 66.9 Å². The highest BCUT2D eigenvalue weighted by Gasteiger charge is 2.09. The summed E-state index contributed by atoms with van der Waals surface area (Å²) in [6.07, 6.45) is 3.05. The Bertz CT molecular complexity index is 572. The number of carbonyl (C=O) groups is 1. The molecule has 0 unspecified atom stereocenters. The number of halogens is 1. The molecule has 0 saturated heterocycles. The minimum atomic E-state index is -0.225. The second-order valence-corrected chi connectivity index (χ2v) is 5.65. The summed E-state index contributed by atoms with van der Waals surface area (Å²) in [5.41, 5.74) is 0.314. The summed E-state index contributed by atoms with van der Waals surface area (Å²) in [6, 6.07) is 1.98. The summed E-state index contributed by atoms with van der Waals surface area (Å²) < 4.78 is 1.02. The molecule has 2 heterocycles. The average molecular weight is 341 g/mol. The highest BCUT2D eigenvalue weighted by atomic mass is 79.9. The number of anilines is 1. The van der Waals surface area contributed by atoms with E-state index in [0.29, 0.717) is 18.1 Å². The van der Waals surface area contributed by atoms with Gasteiger partial charge in [-0.15, -0.1) is 11.3 Å². The predicted octanol–water partition coefficient (Wildman–Crippen LogP) is 2.66. The van der Waals surface area contributed by atoms with Gasteiger partial charge in [-0.2, -0.15) is 0 Å². The molecule has 0 aliphatic heterocycles. The molecule has 7 heteroatoms. The first-order valence-corrected chi connectivity index (χ1v) is 7.43. The number of aromatic nitrogens is 2. The van der Waals surface area contributed by atoms with Crippen LogP contribution in [0.15, 0.2) is 28.3 Å². The van der Waals surface area contributed by atoms with Crippen LogP contribution in [0.1, 0.15) is 22.3 Å². The summed E-state index contributed by atoms with van der Waals surface area (Å²) in [4.78, 5) is 21.2. The van der Waals surface area contributed by atoms with Gasteiger partial charge in [-0.05, 0) is 28.9 Å². The number of nitrogens with one attached hydrogen (secondary N) is 2. The number of amides is 1. The second-order valence-electron chi connectivity index (χ2n) is 3.73. The van der Waals surface area contributed by atoms with Crippen molar-refractivity contribution in [1.82, 2.24) is 15.3 Å². The molecule has 0 radical (unpaired) electrons. The Kier molecular flexibility index (Phi) is 4.86. The fourth-order valence-corrected chi connectivity index (χ4v) is 2.84. The molecule has 2 N–H and O–H groups in total. The molecule has 0 aliphatic rings. The van der Waals surface area contributed by atoms with Gasteiger partial charge in [-0.25, -0.2) is 4.98 Å². The Morgan fingerprint density at radius 1 is 1.47 bits per heavy atom. The van der Waals surface area contributed by atoms with Gasteiger partial charge in [0.25, 0.3) is 5.91 Å². The lowest BCUT2D eigenvalue weighted by molar-refractivity contribution is 0.0946. The molecule has 1 amide bonds. The van der Waals surface area contributed by atoms with Gasteiger partial charge >= 0.3 is 0 Å². The Morgan fingerprint density at radius 3 is 3.00 bits per heavy atom. The molecule has 2 rings (SSSR count). The van der Waals surface area contributed by atoms with Crippen molar-refractivity contribution < 1.29 is 4.79 Å². The van der Waals surface area contributed by atoms with E-state index in [-0.39, 0.29) is 5.91 Å². The number of hydrogen-bond donors (Lipinski definition) is 2. The first kappa shape index (κ1) is 14.0. The molecule has 100 valence electrons. The number of thiophene rings is 1. The van der Waals surface area contributed by atoms with Crippen LogP contribution >= 0.6 is 27.3 Å².